The van der Waals surface area contributed by atoms with E-state index >= 15 is 0 Å². The number of aryl methyl sites for hydroxylation is 1. The Morgan fingerprint density at radius 1 is 1.17 bits per heavy atom. The molecule has 1 amide bonds. The van der Waals surface area contributed by atoms with Crippen molar-refractivity contribution in [2.24, 2.45) is 13.0 Å². The van der Waals surface area contributed by atoms with Crippen molar-refractivity contribution in [2.75, 3.05) is 18.4 Å². The lowest BCUT2D eigenvalue weighted by atomic mass is 9.90. The second-order valence-corrected chi connectivity index (χ2v) is 6.60. The first-order valence-electron chi connectivity index (χ1n) is 8.88. The number of ether oxygens (including phenoxy) is 1. The van der Waals surface area contributed by atoms with Crippen LogP contribution in [0.1, 0.15) is 11.5 Å². The molecule has 29 heavy (non-hydrogen) atoms. The Bertz CT molecular complexity index is 918. The molecule has 1 aliphatic rings. The van der Waals surface area contributed by atoms with E-state index in [9.17, 15) is 4.79 Å². The molecule has 2 aromatic heterocycles. The van der Waals surface area contributed by atoms with Crippen LogP contribution in [0, 0.1) is 5.92 Å². The third-order valence-electron chi connectivity index (χ3n) is 4.69. The summed E-state index contributed by atoms with van der Waals surface area (Å²) in [7, 11) is 1.88. The van der Waals surface area contributed by atoms with E-state index in [-0.39, 0.29) is 42.6 Å². The van der Waals surface area contributed by atoms with Crippen LogP contribution >= 0.6 is 24.8 Å². The van der Waals surface area contributed by atoms with E-state index in [0.717, 1.165) is 17.8 Å². The average molecular weight is 436 g/mol. The highest BCUT2D eigenvalue weighted by Crippen LogP contribution is 2.29. The van der Waals surface area contributed by atoms with Gasteiger partial charge in [0.15, 0.2) is 0 Å². The van der Waals surface area contributed by atoms with Gasteiger partial charge in [0.05, 0.1) is 12.1 Å². The van der Waals surface area contributed by atoms with Crippen LogP contribution in [0.25, 0.3) is 0 Å². The average Bonchev–Trinajstić information content (AvgIpc) is 3.33. The van der Waals surface area contributed by atoms with E-state index in [1.165, 1.54) is 0 Å². The van der Waals surface area contributed by atoms with E-state index in [4.69, 9.17) is 4.74 Å². The minimum Gasteiger partial charge on any atom is -0.439 e. The maximum absolute atomic E-state index is 12.8. The first-order chi connectivity index (χ1) is 13.2. The molecule has 9 heteroatoms. The molecule has 154 valence electrons. The van der Waals surface area contributed by atoms with E-state index in [0.29, 0.717) is 18.2 Å². The van der Waals surface area contributed by atoms with E-state index in [1.807, 2.05) is 55.8 Å². The van der Waals surface area contributed by atoms with Crippen LogP contribution in [0.5, 0.6) is 11.6 Å². The Morgan fingerprint density at radius 3 is 2.62 bits per heavy atom. The van der Waals surface area contributed by atoms with Crippen molar-refractivity contribution in [3.05, 3.63) is 66.6 Å². The Balaban J connectivity index is 0.00000150. The summed E-state index contributed by atoms with van der Waals surface area (Å²) in [4.78, 5) is 16.9. The number of rotatable bonds is 5. The number of nitrogens with zero attached hydrogens (tertiary/aromatic N) is 3. The van der Waals surface area contributed by atoms with Crippen molar-refractivity contribution in [3.63, 3.8) is 0 Å². The number of hydrogen-bond acceptors (Lipinski definition) is 5. The number of carbonyl (C=O) groups is 1. The number of aromatic nitrogens is 3. The molecule has 1 aromatic carbocycles. The Kier molecular flexibility index (Phi) is 8.01. The van der Waals surface area contributed by atoms with Gasteiger partial charge < -0.3 is 15.4 Å². The zero-order valence-corrected chi connectivity index (χ0v) is 17.5. The van der Waals surface area contributed by atoms with Crippen LogP contribution in [-0.2, 0) is 11.8 Å². The highest BCUT2D eigenvalue weighted by atomic mass is 35.5. The highest BCUT2D eigenvalue weighted by molar-refractivity contribution is 5.93. The largest absolute Gasteiger partial charge is 0.439 e. The van der Waals surface area contributed by atoms with Gasteiger partial charge in [0.1, 0.15) is 5.75 Å². The zero-order valence-electron chi connectivity index (χ0n) is 15.8. The summed E-state index contributed by atoms with van der Waals surface area (Å²) in [5, 5.41) is 10.5. The highest BCUT2D eigenvalue weighted by Gasteiger charge is 2.34. The SMILES string of the molecule is Cl.Cl.Cn1cc([C@H]2CNC[C@@H]2C(=O)Nc2ccc(Oc3ccccn3)cc2)cn1. The van der Waals surface area contributed by atoms with Crippen LogP contribution in [0.15, 0.2) is 61.1 Å². The lowest BCUT2D eigenvalue weighted by molar-refractivity contribution is -0.119. The number of halogens is 2. The summed E-state index contributed by atoms with van der Waals surface area (Å²) in [5.74, 6) is 1.21. The monoisotopic (exact) mass is 435 g/mol. The number of carbonyl (C=O) groups excluding carboxylic acids is 1. The molecule has 7 nitrogen and oxygen atoms in total. The van der Waals surface area contributed by atoms with Gasteiger partial charge in [0.25, 0.3) is 0 Å². The minimum atomic E-state index is -0.126. The van der Waals surface area contributed by atoms with Gasteiger partial charge in [0.2, 0.25) is 11.8 Å². The molecule has 0 radical (unpaired) electrons. The number of hydrogen-bond donors (Lipinski definition) is 2. The fourth-order valence-corrected chi connectivity index (χ4v) is 3.31. The molecule has 4 rings (SSSR count). The molecule has 1 saturated heterocycles. The third-order valence-corrected chi connectivity index (χ3v) is 4.69. The summed E-state index contributed by atoms with van der Waals surface area (Å²) < 4.78 is 7.44. The van der Waals surface area contributed by atoms with E-state index in [2.05, 4.69) is 20.7 Å². The van der Waals surface area contributed by atoms with Crippen LogP contribution in [0.2, 0.25) is 0 Å². The quantitative estimate of drug-likeness (QED) is 0.641. The van der Waals surface area contributed by atoms with Gasteiger partial charge in [-0.3, -0.25) is 9.48 Å². The van der Waals surface area contributed by atoms with Crippen molar-refractivity contribution < 1.29 is 9.53 Å². The second kappa shape index (κ2) is 10.2. The van der Waals surface area contributed by atoms with Gasteiger partial charge in [-0.1, -0.05) is 6.07 Å². The molecule has 0 bridgehead atoms. The van der Waals surface area contributed by atoms with Gasteiger partial charge in [-0.2, -0.15) is 5.10 Å². The molecular weight excluding hydrogens is 413 g/mol. The Labute approximate surface area is 181 Å². The Hall–Kier alpha value is -2.61. The van der Waals surface area contributed by atoms with Crippen LogP contribution < -0.4 is 15.4 Å². The molecule has 0 saturated carbocycles. The second-order valence-electron chi connectivity index (χ2n) is 6.60. The number of pyridine rings is 1. The van der Waals surface area contributed by atoms with Crippen molar-refractivity contribution in [1.29, 1.82) is 0 Å². The molecule has 0 spiro atoms. The molecule has 0 aliphatic carbocycles. The smallest absolute Gasteiger partial charge is 0.229 e. The van der Waals surface area contributed by atoms with Crippen LogP contribution in [0.3, 0.4) is 0 Å². The van der Waals surface area contributed by atoms with Crippen molar-refractivity contribution in [1.82, 2.24) is 20.1 Å². The normalized spacial score (nSPS) is 17.7. The van der Waals surface area contributed by atoms with Gasteiger partial charge in [0, 0.05) is 50.2 Å². The van der Waals surface area contributed by atoms with Crippen LogP contribution in [0.4, 0.5) is 5.69 Å². The summed E-state index contributed by atoms with van der Waals surface area (Å²) in [6, 6.07) is 12.8. The minimum absolute atomic E-state index is 0. The van der Waals surface area contributed by atoms with Crippen molar-refractivity contribution in [3.8, 4) is 11.6 Å². The third kappa shape index (κ3) is 5.47. The molecule has 2 N–H and O–H groups in total. The topological polar surface area (TPSA) is 81.1 Å². The number of benzene rings is 1. The molecule has 1 aliphatic heterocycles. The molecule has 1 fully saturated rings. The van der Waals surface area contributed by atoms with Crippen molar-refractivity contribution >= 4 is 36.4 Å². The zero-order chi connectivity index (χ0) is 18.6. The fraction of sp³-hybridized carbons (Fsp3) is 0.250. The molecule has 3 aromatic rings. The number of anilines is 1. The summed E-state index contributed by atoms with van der Waals surface area (Å²) in [5.41, 5.74) is 1.83. The lowest BCUT2D eigenvalue weighted by Crippen LogP contribution is -2.28. The Morgan fingerprint density at radius 2 is 1.97 bits per heavy atom. The van der Waals surface area contributed by atoms with Gasteiger partial charge >= 0.3 is 0 Å². The molecular formula is C20H23Cl2N5O2. The van der Waals surface area contributed by atoms with Crippen LogP contribution in [-0.4, -0.2) is 33.8 Å². The first-order valence-corrected chi connectivity index (χ1v) is 8.88. The maximum atomic E-state index is 12.8. The predicted octanol–water partition coefficient (Wildman–Crippen LogP) is 3.39. The number of amides is 1. The number of nitrogens with one attached hydrogen (secondary N) is 2. The van der Waals surface area contributed by atoms with E-state index in [1.54, 1.807) is 16.9 Å². The lowest BCUT2D eigenvalue weighted by Gasteiger charge is -2.17. The molecule has 3 heterocycles. The summed E-state index contributed by atoms with van der Waals surface area (Å²) in [6.07, 6.45) is 5.49. The van der Waals surface area contributed by atoms with Gasteiger partial charge in [-0.05, 0) is 35.9 Å². The molecule has 2 atom stereocenters. The predicted molar refractivity (Wildman–Crippen MR) is 116 cm³/mol. The summed E-state index contributed by atoms with van der Waals surface area (Å²) >= 11 is 0. The maximum Gasteiger partial charge on any atom is 0.229 e. The first kappa shape index (κ1) is 22.7. The van der Waals surface area contributed by atoms with Gasteiger partial charge in [-0.15, -0.1) is 24.8 Å². The standard InChI is InChI=1S/C20H21N5O2.2ClH/c1-25-13-14(10-23-25)17-11-21-12-18(17)20(26)24-15-5-7-16(8-6-15)27-19-4-2-3-9-22-19;;/h2-10,13,17-18,21H,11-12H2,1H3,(H,24,26);2*1H/t17-,18+;;/m1../s1. The fourth-order valence-electron chi connectivity index (χ4n) is 3.31. The molecule has 0 unspecified atom stereocenters. The van der Waals surface area contributed by atoms with Gasteiger partial charge in [-0.25, -0.2) is 4.98 Å². The van der Waals surface area contributed by atoms with E-state index < -0.39 is 0 Å². The van der Waals surface area contributed by atoms with Crippen molar-refractivity contribution in [2.45, 2.75) is 5.92 Å². The summed E-state index contributed by atoms with van der Waals surface area (Å²) in [6.45, 7) is 1.44.